The number of imidazole rings is 1. The number of hydrogen-bond donors (Lipinski definition) is 1. The molecular weight excluding hydrogens is 604 g/mol. The van der Waals surface area contributed by atoms with Gasteiger partial charge in [-0.2, -0.15) is 9.97 Å². The molecule has 2 aromatic heterocycles. The zero-order valence-electron chi connectivity index (χ0n) is 25.5. The topological polar surface area (TPSA) is 88.4 Å². The number of methoxy groups -OCH3 is 1. The lowest BCUT2D eigenvalue weighted by atomic mass is 9.93. The zero-order chi connectivity index (χ0) is 31.4. The van der Waals surface area contributed by atoms with Crippen molar-refractivity contribution in [1.29, 1.82) is 0 Å². The molecule has 1 amide bonds. The Morgan fingerprint density at radius 3 is 2.45 bits per heavy atom. The molecule has 0 aliphatic carbocycles. The van der Waals surface area contributed by atoms with Gasteiger partial charge in [-0.05, 0) is 50.1 Å². The second-order valence-electron chi connectivity index (χ2n) is 11.3. The molecule has 1 N–H and O–H groups in total. The Morgan fingerprint density at radius 2 is 1.80 bits per heavy atom. The van der Waals surface area contributed by atoms with Crippen LogP contribution in [0.5, 0.6) is 6.01 Å². The fourth-order valence-corrected chi connectivity index (χ4v) is 6.22. The van der Waals surface area contributed by atoms with Crippen LogP contribution in [0.25, 0.3) is 11.2 Å². The number of likely N-dealkylation sites (N-methyl/N-ethyl adjacent to an activating group) is 1. The summed E-state index contributed by atoms with van der Waals surface area (Å²) in [6.07, 6.45) is 1.13. The number of nitrogens with one attached hydrogen (secondary N) is 1. The summed E-state index contributed by atoms with van der Waals surface area (Å²) < 4.78 is 21.3. The van der Waals surface area contributed by atoms with Gasteiger partial charge in [0.15, 0.2) is 11.5 Å². The van der Waals surface area contributed by atoms with Crippen LogP contribution < -0.4 is 15.0 Å². The van der Waals surface area contributed by atoms with Crippen molar-refractivity contribution in [3.05, 3.63) is 74.5 Å². The lowest BCUT2D eigenvalue weighted by molar-refractivity contribution is 0.0784. The molecule has 0 saturated carbocycles. The molecule has 3 heterocycles. The first-order chi connectivity index (χ1) is 21.2. The predicted octanol–water partition coefficient (Wildman–Crippen LogP) is 5.63. The standard InChI is InChI=1S/C32H38Cl2FN7O2/c1-20-15-21(2)17-24(16-20)31(43)40(3)19-23(22-5-7-25(33)26(34)18-22)6-8-27-37-29-28(42(27)12-9-35)30(39-32(38-29)44-4)41-13-10-36-11-14-41/h5,7,15-18,23,36H,6,8-14,19H2,1-4H3/t23-/m1/s1. The molecule has 9 nitrogen and oxygen atoms in total. The third kappa shape index (κ3) is 7.08. The minimum atomic E-state index is -0.561. The number of amides is 1. The Labute approximate surface area is 267 Å². The van der Waals surface area contributed by atoms with Crippen LogP contribution in [0.3, 0.4) is 0 Å². The number of hydrogen-bond acceptors (Lipinski definition) is 7. The molecule has 1 fully saturated rings. The summed E-state index contributed by atoms with van der Waals surface area (Å²) in [7, 11) is 3.34. The number of fused-ring (bicyclic) bond motifs is 1. The van der Waals surface area contributed by atoms with E-state index in [0.29, 0.717) is 57.8 Å². The lowest BCUT2D eigenvalue weighted by Gasteiger charge is -2.29. The number of aromatic nitrogens is 4. The van der Waals surface area contributed by atoms with Gasteiger partial charge in [-0.15, -0.1) is 0 Å². The Balaban J connectivity index is 1.48. The van der Waals surface area contributed by atoms with Gasteiger partial charge in [0.05, 0.1) is 23.7 Å². The van der Waals surface area contributed by atoms with E-state index in [1.807, 2.05) is 55.8 Å². The van der Waals surface area contributed by atoms with Gasteiger partial charge >= 0.3 is 6.01 Å². The molecule has 1 aliphatic rings. The molecule has 1 saturated heterocycles. The number of nitrogens with zero attached hydrogens (tertiary/aromatic N) is 6. The Bertz CT molecular complexity index is 1620. The van der Waals surface area contributed by atoms with Gasteiger partial charge in [-0.3, -0.25) is 4.79 Å². The number of carbonyl (C=O) groups is 1. The summed E-state index contributed by atoms with van der Waals surface area (Å²) in [6, 6.07) is 11.7. The van der Waals surface area contributed by atoms with E-state index in [1.165, 1.54) is 7.11 Å². The van der Waals surface area contributed by atoms with E-state index in [1.54, 1.807) is 11.0 Å². The Hall–Kier alpha value is -3.47. The fourth-order valence-electron chi connectivity index (χ4n) is 5.91. The molecule has 2 aromatic carbocycles. The van der Waals surface area contributed by atoms with Crippen LogP contribution in [0.2, 0.25) is 10.0 Å². The summed E-state index contributed by atoms with van der Waals surface area (Å²) >= 11 is 12.7. The van der Waals surface area contributed by atoms with E-state index in [0.717, 1.165) is 42.9 Å². The first-order valence-corrected chi connectivity index (χ1v) is 15.6. The molecule has 0 spiro atoms. The van der Waals surface area contributed by atoms with Crippen molar-refractivity contribution >= 4 is 46.1 Å². The van der Waals surface area contributed by atoms with Gasteiger partial charge in [0, 0.05) is 57.7 Å². The Kier molecular flexibility index (Phi) is 10.2. The second kappa shape index (κ2) is 14.1. The highest BCUT2D eigenvalue weighted by Crippen LogP contribution is 2.32. The zero-order valence-corrected chi connectivity index (χ0v) is 27.1. The monoisotopic (exact) mass is 641 g/mol. The molecule has 44 heavy (non-hydrogen) atoms. The summed E-state index contributed by atoms with van der Waals surface area (Å²) in [5, 5.41) is 4.27. The molecule has 1 atom stereocenters. The van der Waals surface area contributed by atoms with Crippen molar-refractivity contribution in [1.82, 2.24) is 29.7 Å². The van der Waals surface area contributed by atoms with Crippen molar-refractivity contribution in [2.75, 3.05) is 58.5 Å². The second-order valence-corrected chi connectivity index (χ2v) is 12.1. The number of halogens is 3. The number of piperazine rings is 1. The molecule has 12 heteroatoms. The molecular formula is C32H38Cl2FN7O2. The van der Waals surface area contributed by atoms with Gasteiger partial charge in [0.25, 0.3) is 5.91 Å². The normalized spacial score (nSPS) is 14.2. The van der Waals surface area contributed by atoms with E-state index >= 15 is 0 Å². The first kappa shape index (κ1) is 31.9. The third-order valence-electron chi connectivity index (χ3n) is 7.99. The van der Waals surface area contributed by atoms with Crippen LogP contribution in [0.15, 0.2) is 36.4 Å². The number of ether oxygens (including phenoxy) is 1. The van der Waals surface area contributed by atoms with Crippen molar-refractivity contribution in [2.24, 2.45) is 0 Å². The van der Waals surface area contributed by atoms with Gasteiger partial charge in [0.1, 0.15) is 18.0 Å². The van der Waals surface area contributed by atoms with Crippen LogP contribution in [-0.4, -0.2) is 83.9 Å². The van der Waals surface area contributed by atoms with Crippen molar-refractivity contribution in [3.63, 3.8) is 0 Å². The molecule has 1 aliphatic heterocycles. The molecule has 0 bridgehead atoms. The molecule has 234 valence electrons. The van der Waals surface area contributed by atoms with Crippen molar-refractivity contribution < 1.29 is 13.9 Å². The highest BCUT2D eigenvalue weighted by molar-refractivity contribution is 6.42. The number of benzene rings is 2. The maximum absolute atomic E-state index is 14.0. The lowest BCUT2D eigenvalue weighted by Crippen LogP contribution is -2.44. The van der Waals surface area contributed by atoms with Crippen LogP contribution in [0.4, 0.5) is 10.2 Å². The van der Waals surface area contributed by atoms with Gasteiger partial charge < -0.3 is 24.4 Å². The average molecular weight is 643 g/mol. The minimum Gasteiger partial charge on any atom is -0.467 e. The largest absolute Gasteiger partial charge is 0.467 e. The SMILES string of the molecule is COc1nc(N2CCNCC2)c2c(n1)nc(CC[C@H](CN(C)C(=O)c1cc(C)cc(C)c1)c1ccc(Cl)c(Cl)c1)n2CCF. The summed E-state index contributed by atoms with van der Waals surface area (Å²) in [4.78, 5) is 31.5. The summed E-state index contributed by atoms with van der Waals surface area (Å²) in [5.41, 5.74) is 4.85. The van der Waals surface area contributed by atoms with Crippen LogP contribution in [-0.2, 0) is 13.0 Å². The molecule has 4 aromatic rings. The van der Waals surface area contributed by atoms with Crippen molar-refractivity contribution in [3.8, 4) is 6.01 Å². The first-order valence-electron chi connectivity index (χ1n) is 14.8. The smallest absolute Gasteiger partial charge is 0.320 e. The maximum Gasteiger partial charge on any atom is 0.320 e. The van der Waals surface area contributed by atoms with Gasteiger partial charge in [-0.25, -0.2) is 9.37 Å². The van der Waals surface area contributed by atoms with E-state index < -0.39 is 6.67 Å². The third-order valence-corrected chi connectivity index (χ3v) is 8.73. The van der Waals surface area contributed by atoms with Crippen LogP contribution >= 0.6 is 23.2 Å². The van der Waals surface area contributed by atoms with Crippen LogP contribution in [0, 0.1) is 13.8 Å². The van der Waals surface area contributed by atoms with E-state index in [9.17, 15) is 9.18 Å². The van der Waals surface area contributed by atoms with Gasteiger partial charge in [-0.1, -0.05) is 46.5 Å². The maximum atomic E-state index is 14.0. The van der Waals surface area contributed by atoms with E-state index in [2.05, 4.69) is 20.2 Å². The highest BCUT2D eigenvalue weighted by atomic mass is 35.5. The quantitative estimate of drug-likeness (QED) is 0.227. The number of carbonyl (C=O) groups excluding carboxylic acids is 1. The fraction of sp³-hybridized carbons (Fsp3) is 0.438. The number of rotatable bonds is 11. The molecule has 5 rings (SSSR count). The number of aryl methyl sites for hydroxylation is 4. The van der Waals surface area contributed by atoms with E-state index in [-0.39, 0.29) is 24.4 Å². The molecule has 0 radical (unpaired) electrons. The van der Waals surface area contributed by atoms with Crippen molar-refractivity contribution in [2.45, 2.75) is 39.2 Å². The Morgan fingerprint density at radius 1 is 1.07 bits per heavy atom. The van der Waals surface area contributed by atoms with Gasteiger partial charge in [0.2, 0.25) is 0 Å². The van der Waals surface area contributed by atoms with E-state index in [4.69, 9.17) is 32.9 Å². The average Bonchev–Trinajstić information content (AvgIpc) is 3.36. The summed E-state index contributed by atoms with van der Waals surface area (Å²) in [5.74, 6) is 1.23. The number of anilines is 1. The van der Waals surface area contributed by atoms with Crippen LogP contribution in [0.1, 0.15) is 45.2 Å². The molecule has 0 unspecified atom stereocenters. The predicted molar refractivity (Wildman–Crippen MR) is 173 cm³/mol. The minimum absolute atomic E-state index is 0.0606. The summed E-state index contributed by atoms with van der Waals surface area (Å²) in [6.45, 7) is 7.12. The number of alkyl halides is 1. The highest BCUT2D eigenvalue weighted by Gasteiger charge is 2.25.